The highest BCUT2D eigenvalue weighted by molar-refractivity contribution is 7.92. The molecule has 1 saturated heterocycles. The van der Waals surface area contributed by atoms with Crippen molar-refractivity contribution in [3.63, 3.8) is 0 Å². The first-order valence-electron chi connectivity index (χ1n) is 20.0. The van der Waals surface area contributed by atoms with Crippen LogP contribution in [0.4, 0.5) is 9.59 Å². The van der Waals surface area contributed by atoms with Crippen molar-refractivity contribution in [2.75, 3.05) is 18.8 Å². The van der Waals surface area contributed by atoms with E-state index in [9.17, 15) is 27.6 Å². The fourth-order valence-electron chi connectivity index (χ4n) is 9.09. The first kappa shape index (κ1) is 40.8. The number of hydrogen-bond donors (Lipinski definition) is 4. The van der Waals surface area contributed by atoms with Crippen molar-refractivity contribution in [1.82, 2.24) is 31.3 Å². The highest BCUT2D eigenvalue weighted by Gasteiger charge is 2.70. The largest absolute Gasteiger partial charge is 0.336 e. The average molecular weight is 757 g/mol. The van der Waals surface area contributed by atoms with E-state index in [1.54, 1.807) is 25.7 Å². The Labute approximate surface area is 317 Å². The van der Waals surface area contributed by atoms with E-state index < -0.39 is 50.2 Å². The first-order chi connectivity index (χ1) is 24.9. The van der Waals surface area contributed by atoms with Gasteiger partial charge in [-0.25, -0.2) is 23.0 Å². The molecular formula is C40H64N6O6S. The lowest BCUT2D eigenvalue weighted by Gasteiger charge is -2.41. The number of nitrogens with zero attached hydrogens (tertiary/aromatic N) is 2. The van der Waals surface area contributed by atoms with Crippen molar-refractivity contribution in [3.8, 4) is 0 Å². The van der Waals surface area contributed by atoms with Gasteiger partial charge in [0.1, 0.15) is 12.1 Å². The molecule has 0 spiro atoms. The monoisotopic (exact) mass is 756 g/mol. The topological polar surface area (TPSA) is 157 Å². The molecule has 1 aromatic carbocycles. The lowest BCUT2D eigenvalue weighted by Crippen LogP contribution is -2.63. The SMILES string of the molecule is CCCN(NC(=O)[C@@H]1[C@@H]2[C@H](CN1C(=O)[C@@H](NC(=O)NC1(CS(=O)(=O)C(C)(C)C)CCCCC1)C1CCCCC1)C2(C)C)C(=O)N[C@@H](C)c1ccccc1. The van der Waals surface area contributed by atoms with Crippen LogP contribution in [0, 0.1) is 23.2 Å². The molecular weight excluding hydrogens is 693 g/mol. The van der Waals surface area contributed by atoms with Crippen molar-refractivity contribution in [2.24, 2.45) is 23.2 Å². The predicted molar refractivity (Wildman–Crippen MR) is 206 cm³/mol. The third-order valence-electron chi connectivity index (χ3n) is 12.6. The summed E-state index contributed by atoms with van der Waals surface area (Å²) >= 11 is 0. The summed E-state index contributed by atoms with van der Waals surface area (Å²) in [6.07, 6.45) is 8.80. The highest BCUT2D eigenvalue weighted by Crippen LogP contribution is 2.65. The van der Waals surface area contributed by atoms with Crippen LogP contribution in [0.25, 0.3) is 0 Å². The van der Waals surface area contributed by atoms with Crippen molar-refractivity contribution in [1.29, 1.82) is 0 Å². The van der Waals surface area contributed by atoms with Gasteiger partial charge < -0.3 is 20.9 Å². The quantitative estimate of drug-likeness (QED) is 0.208. The number of sulfone groups is 1. The van der Waals surface area contributed by atoms with E-state index in [0.717, 1.165) is 56.9 Å². The van der Waals surface area contributed by atoms with Gasteiger partial charge in [0.25, 0.3) is 5.91 Å². The van der Waals surface area contributed by atoms with Gasteiger partial charge in [-0.15, -0.1) is 0 Å². The van der Waals surface area contributed by atoms with Crippen LogP contribution >= 0.6 is 0 Å². The van der Waals surface area contributed by atoms with Crippen LogP contribution in [-0.2, 0) is 19.4 Å². The fraction of sp³-hybridized carbons (Fsp3) is 0.750. The van der Waals surface area contributed by atoms with Crippen LogP contribution in [0.2, 0.25) is 0 Å². The minimum Gasteiger partial charge on any atom is -0.332 e. The number of hydrazine groups is 1. The summed E-state index contributed by atoms with van der Waals surface area (Å²) in [7, 11) is -3.55. The Balaban J connectivity index is 1.35. The molecule has 0 unspecified atom stereocenters. The van der Waals surface area contributed by atoms with Crippen LogP contribution in [0.5, 0.6) is 0 Å². The van der Waals surface area contributed by atoms with Crippen molar-refractivity contribution >= 4 is 33.7 Å². The number of fused-ring (bicyclic) bond motifs is 1. The standard InChI is InChI=1S/C40H64N6O6S/c1-8-24-46(37(50)41-27(2)28-18-12-9-13-19-28)44-34(47)33-31-30(39(31,6)7)25-45(33)35(48)32(29-20-14-10-15-21-29)42-36(49)43-40(22-16-11-17-23-40)26-53(51,52)38(3,4)5/h9,12-13,18-19,27,29-33H,8,10-11,14-17,20-26H2,1-7H3,(H,41,50)(H,44,47)(H2,42,43,49)/t27-,30-,31-,32-,33-/m0/s1. The Hall–Kier alpha value is -3.35. The second-order valence-electron chi connectivity index (χ2n) is 17.8. The molecule has 3 aliphatic carbocycles. The second-order valence-corrected chi connectivity index (χ2v) is 20.5. The average Bonchev–Trinajstić information content (AvgIpc) is 3.41. The third-order valence-corrected chi connectivity index (χ3v) is 15.4. The van der Waals surface area contributed by atoms with Crippen LogP contribution in [0.1, 0.15) is 131 Å². The summed E-state index contributed by atoms with van der Waals surface area (Å²) in [6.45, 7) is 13.8. The van der Waals surface area contributed by atoms with Crippen LogP contribution < -0.4 is 21.4 Å². The number of rotatable bonds is 11. The maximum absolute atomic E-state index is 14.8. The Kier molecular flexibility index (Phi) is 12.5. The molecule has 1 aromatic rings. The molecule has 0 bridgehead atoms. The molecule has 5 rings (SSSR count). The maximum atomic E-state index is 14.8. The molecule has 12 nitrogen and oxygen atoms in total. The summed E-state index contributed by atoms with van der Waals surface area (Å²) < 4.78 is 25.9. The zero-order valence-corrected chi connectivity index (χ0v) is 33.8. The van der Waals surface area contributed by atoms with Gasteiger partial charge in [0.05, 0.1) is 22.1 Å². The Morgan fingerprint density at radius 1 is 0.943 bits per heavy atom. The van der Waals surface area contributed by atoms with E-state index in [1.807, 2.05) is 44.2 Å². The number of carbonyl (C=O) groups is 4. The summed E-state index contributed by atoms with van der Waals surface area (Å²) in [5.41, 5.74) is 2.74. The molecule has 5 atom stereocenters. The highest BCUT2D eigenvalue weighted by atomic mass is 32.2. The smallest absolute Gasteiger partial charge is 0.332 e. The van der Waals surface area contributed by atoms with E-state index in [1.165, 1.54) is 5.01 Å². The molecule has 4 aliphatic rings. The number of nitrogens with one attached hydrogen (secondary N) is 4. The number of piperidine rings is 1. The zero-order chi connectivity index (χ0) is 38.8. The molecule has 0 aromatic heterocycles. The fourth-order valence-corrected chi connectivity index (χ4v) is 10.6. The van der Waals surface area contributed by atoms with E-state index in [0.29, 0.717) is 25.8 Å². The summed E-state index contributed by atoms with van der Waals surface area (Å²) in [5.74, 6) is -0.944. The molecule has 1 aliphatic heterocycles. The Bertz CT molecular complexity index is 1580. The third kappa shape index (κ3) is 9.14. The van der Waals surface area contributed by atoms with Crippen LogP contribution in [-0.4, -0.2) is 83.4 Å². The van der Waals surface area contributed by atoms with Crippen LogP contribution in [0.15, 0.2) is 30.3 Å². The van der Waals surface area contributed by atoms with E-state index in [4.69, 9.17) is 0 Å². The second kappa shape index (κ2) is 16.2. The molecule has 296 valence electrons. The Morgan fingerprint density at radius 3 is 2.17 bits per heavy atom. The summed E-state index contributed by atoms with van der Waals surface area (Å²) in [5, 5.41) is 10.4. The first-order valence-corrected chi connectivity index (χ1v) is 21.6. The van der Waals surface area contributed by atoms with Gasteiger partial charge in [0, 0.05) is 13.1 Å². The minimum atomic E-state index is -3.55. The van der Waals surface area contributed by atoms with Crippen molar-refractivity contribution in [2.45, 2.75) is 148 Å². The van der Waals surface area contributed by atoms with Crippen molar-refractivity contribution in [3.05, 3.63) is 35.9 Å². The van der Waals surface area contributed by atoms with Crippen LogP contribution in [0.3, 0.4) is 0 Å². The molecule has 13 heteroatoms. The molecule has 0 radical (unpaired) electrons. The number of likely N-dealkylation sites (tertiary alicyclic amines) is 1. The van der Waals surface area contributed by atoms with Gasteiger partial charge in [-0.1, -0.05) is 89.6 Å². The van der Waals surface area contributed by atoms with Gasteiger partial charge in [-0.3, -0.25) is 15.0 Å². The maximum Gasteiger partial charge on any atom is 0.336 e. The Morgan fingerprint density at radius 2 is 1.57 bits per heavy atom. The van der Waals surface area contributed by atoms with Gasteiger partial charge in [0.15, 0.2) is 9.84 Å². The molecule has 3 saturated carbocycles. The van der Waals surface area contributed by atoms with Gasteiger partial charge >= 0.3 is 12.1 Å². The number of amides is 6. The van der Waals surface area contributed by atoms with Gasteiger partial charge in [0.2, 0.25) is 5.91 Å². The predicted octanol–water partition coefficient (Wildman–Crippen LogP) is 5.85. The van der Waals surface area contributed by atoms with Crippen molar-refractivity contribution < 1.29 is 27.6 Å². The number of hydrogen-bond acceptors (Lipinski definition) is 6. The van der Waals surface area contributed by atoms with E-state index in [-0.39, 0.29) is 47.4 Å². The zero-order valence-electron chi connectivity index (χ0n) is 33.0. The van der Waals surface area contributed by atoms with Gasteiger partial charge in [-0.2, -0.15) is 0 Å². The minimum absolute atomic E-state index is 0.0878. The van der Waals surface area contributed by atoms with E-state index >= 15 is 0 Å². The van der Waals surface area contributed by atoms with Gasteiger partial charge in [-0.05, 0) is 88.5 Å². The molecule has 4 N–H and O–H groups in total. The molecule has 1 heterocycles. The molecule has 53 heavy (non-hydrogen) atoms. The number of benzene rings is 1. The normalized spacial score (nSPS) is 25.0. The van der Waals surface area contributed by atoms with E-state index in [2.05, 4.69) is 35.2 Å². The lowest BCUT2D eigenvalue weighted by molar-refractivity contribution is -0.144. The molecule has 4 fully saturated rings. The molecule has 6 amide bonds. The lowest BCUT2D eigenvalue weighted by atomic mass is 9.82. The summed E-state index contributed by atoms with van der Waals surface area (Å²) in [6, 6.07) is 6.68. The number of carbonyl (C=O) groups excluding carboxylic acids is 4. The number of urea groups is 2. The summed E-state index contributed by atoms with van der Waals surface area (Å²) in [4.78, 5) is 58.2.